The normalized spacial score (nSPS) is 15.0. The molecule has 1 aliphatic heterocycles. The Morgan fingerprint density at radius 3 is 2.32 bits per heavy atom. The molecule has 4 heteroatoms. The number of likely N-dealkylation sites (tertiary alicyclic amines) is 1. The molecule has 1 fully saturated rings. The van der Waals surface area contributed by atoms with E-state index in [2.05, 4.69) is 52.9 Å². The lowest BCUT2D eigenvalue weighted by Gasteiger charge is -2.34. The molecule has 4 nitrogen and oxygen atoms in total. The van der Waals surface area contributed by atoms with Crippen LogP contribution in [0.1, 0.15) is 36.6 Å². The third-order valence-electron chi connectivity index (χ3n) is 5.67. The van der Waals surface area contributed by atoms with E-state index in [4.69, 9.17) is 0 Å². The van der Waals surface area contributed by atoms with E-state index in [1.165, 1.54) is 11.3 Å². The number of rotatable bonds is 5. The fourth-order valence-electron chi connectivity index (χ4n) is 4.14. The molecule has 0 saturated carbocycles. The van der Waals surface area contributed by atoms with Crippen molar-refractivity contribution in [2.45, 2.75) is 38.6 Å². The van der Waals surface area contributed by atoms with Gasteiger partial charge in [0.05, 0.1) is 0 Å². The summed E-state index contributed by atoms with van der Waals surface area (Å²) in [7, 11) is 0. The largest absolute Gasteiger partial charge is 0.343 e. The first-order chi connectivity index (χ1) is 13.7. The zero-order valence-corrected chi connectivity index (χ0v) is 16.4. The number of carbonyl (C=O) groups excluding carboxylic acids is 1. The molecule has 0 unspecified atom stereocenters. The average Bonchev–Trinajstić information content (AvgIpc) is 3.15. The van der Waals surface area contributed by atoms with Gasteiger partial charge in [0.2, 0.25) is 5.91 Å². The predicted octanol–water partition coefficient (Wildman–Crippen LogP) is 4.65. The van der Waals surface area contributed by atoms with Crippen LogP contribution in [0.25, 0.3) is 11.4 Å². The molecule has 1 aromatic heterocycles. The second kappa shape index (κ2) is 8.42. The summed E-state index contributed by atoms with van der Waals surface area (Å²) in [6.07, 6.45) is 5.33. The van der Waals surface area contributed by atoms with Gasteiger partial charge in [0.15, 0.2) is 0 Å². The summed E-state index contributed by atoms with van der Waals surface area (Å²) in [5.74, 6) is 1.31. The Bertz CT molecular complexity index is 910. The zero-order valence-electron chi connectivity index (χ0n) is 16.4. The lowest BCUT2D eigenvalue weighted by atomic mass is 10.0. The van der Waals surface area contributed by atoms with Crippen molar-refractivity contribution in [1.82, 2.24) is 14.5 Å². The van der Waals surface area contributed by atoms with Crippen LogP contribution in [0.2, 0.25) is 0 Å². The number of benzene rings is 2. The number of hydrogen-bond donors (Lipinski definition) is 0. The first kappa shape index (κ1) is 18.5. The van der Waals surface area contributed by atoms with E-state index < -0.39 is 0 Å². The van der Waals surface area contributed by atoms with E-state index in [0.717, 1.165) is 43.7 Å². The first-order valence-corrected chi connectivity index (χ1v) is 10.1. The highest BCUT2D eigenvalue weighted by molar-refractivity contribution is 5.76. The summed E-state index contributed by atoms with van der Waals surface area (Å²) in [5, 5.41) is 0. The van der Waals surface area contributed by atoms with E-state index in [-0.39, 0.29) is 5.91 Å². The quantitative estimate of drug-likeness (QED) is 0.653. The van der Waals surface area contributed by atoms with Gasteiger partial charge in [-0.25, -0.2) is 4.98 Å². The van der Waals surface area contributed by atoms with Crippen molar-refractivity contribution in [2.75, 3.05) is 13.1 Å². The van der Waals surface area contributed by atoms with Crippen LogP contribution in [0.5, 0.6) is 0 Å². The number of carbonyl (C=O) groups is 1. The first-order valence-electron chi connectivity index (χ1n) is 10.1. The van der Waals surface area contributed by atoms with Gasteiger partial charge in [0.25, 0.3) is 0 Å². The Kier molecular flexibility index (Phi) is 5.56. The highest BCUT2D eigenvalue weighted by Crippen LogP contribution is 2.30. The average molecular weight is 374 g/mol. The molecule has 0 atom stereocenters. The van der Waals surface area contributed by atoms with Gasteiger partial charge < -0.3 is 9.47 Å². The summed E-state index contributed by atoms with van der Waals surface area (Å²) in [6.45, 7) is 3.77. The SMILES string of the molecule is Cc1cnc(-c2ccccc2)n1C1CCN(C(=O)CCc2ccccc2)CC1. The second-order valence-corrected chi connectivity index (χ2v) is 7.56. The van der Waals surface area contributed by atoms with Crippen molar-refractivity contribution in [3.63, 3.8) is 0 Å². The summed E-state index contributed by atoms with van der Waals surface area (Å²) < 4.78 is 2.36. The fraction of sp³-hybridized carbons (Fsp3) is 0.333. The molecule has 0 spiro atoms. The Labute approximate surface area is 166 Å². The van der Waals surface area contributed by atoms with Gasteiger partial charge in [-0.2, -0.15) is 0 Å². The number of piperidine rings is 1. The molecule has 0 aliphatic carbocycles. The van der Waals surface area contributed by atoms with E-state index in [0.29, 0.717) is 12.5 Å². The molecule has 4 rings (SSSR count). The molecular formula is C24H27N3O. The Morgan fingerprint density at radius 1 is 1.00 bits per heavy atom. The molecular weight excluding hydrogens is 346 g/mol. The molecule has 2 heterocycles. The Balaban J connectivity index is 1.38. The highest BCUT2D eigenvalue weighted by Gasteiger charge is 2.26. The molecule has 3 aromatic rings. The van der Waals surface area contributed by atoms with Crippen LogP contribution in [-0.4, -0.2) is 33.4 Å². The summed E-state index contributed by atoms with van der Waals surface area (Å²) >= 11 is 0. The van der Waals surface area contributed by atoms with E-state index in [1.807, 2.05) is 35.4 Å². The van der Waals surface area contributed by atoms with Gasteiger partial charge in [-0.3, -0.25) is 4.79 Å². The number of imidazole rings is 1. The number of nitrogens with zero attached hydrogens (tertiary/aromatic N) is 3. The maximum absolute atomic E-state index is 12.6. The number of aryl methyl sites for hydroxylation is 2. The monoisotopic (exact) mass is 373 g/mol. The minimum atomic E-state index is 0.271. The molecule has 0 radical (unpaired) electrons. The van der Waals surface area contributed by atoms with Crippen molar-refractivity contribution in [1.29, 1.82) is 0 Å². The van der Waals surface area contributed by atoms with Gasteiger partial charge in [-0.1, -0.05) is 60.7 Å². The van der Waals surface area contributed by atoms with Crippen LogP contribution in [0.3, 0.4) is 0 Å². The molecule has 2 aromatic carbocycles. The predicted molar refractivity (Wildman–Crippen MR) is 112 cm³/mol. The molecule has 28 heavy (non-hydrogen) atoms. The molecule has 1 saturated heterocycles. The summed E-state index contributed by atoms with van der Waals surface area (Å²) in [5.41, 5.74) is 3.57. The van der Waals surface area contributed by atoms with Crippen LogP contribution in [0.15, 0.2) is 66.9 Å². The van der Waals surface area contributed by atoms with Crippen molar-refractivity contribution < 1.29 is 4.79 Å². The lowest BCUT2D eigenvalue weighted by Crippen LogP contribution is -2.39. The third-order valence-corrected chi connectivity index (χ3v) is 5.67. The molecule has 144 valence electrons. The summed E-state index contributed by atoms with van der Waals surface area (Å²) in [4.78, 5) is 19.3. The van der Waals surface area contributed by atoms with Crippen LogP contribution in [-0.2, 0) is 11.2 Å². The van der Waals surface area contributed by atoms with Crippen molar-refractivity contribution in [2.24, 2.45) is 0 Å². The smallest absolute Gasteiger partial charge is 0.222 e. The Morgan fingerprint density at radius 2 is 1.64 bits per heavy atom. The zero-order chi connectivity index (χ0) is 19.3. The third kappa shape index (κ3) is 4.01. The maximum Gasteiger partial charge on any atom is 0.222 e. The number of aromatic nitrogens is 2. The van der Waals surface area contributed by atoms with Crippen molar-refractivity contribution in [3.8, 4) is 11.4 Å². The fourth-order valence-corrected chi connectivity index (χ4v) is 4.14. The maximum atomic E-state index is 12.6. The van der Waals surface area contributed by atoms with Crippen LogP contribution < -0.4 is 0 Å². The highest BCUT2D eigenvalue weighted by atomic mass is 16.2. The van der Waals surface area contributed by atoms with Gasteiger partial charge in [0, 0.05) is 43.0 Å². The lowest BCUT2D eigenvalue weighted by molar-refractivity contribution is -0.132. The molecule has 0 bridgehead atoms. The van der Waals surface area contributed by atoms with Gasteiger partial charge in [0.1, 0.15) is 5.82 Å². The molecule has 1 aliphatic rings. The number of hydrogen-bond acceptors (Lipinski definition) is 2. The van der Waals surface area contributed by atoms with Gasteiger partial charge in [-0.05, 0) is 31.7 Å². The Hall–Kier alpha value is -2.88. The van der Waals surface area contributed by atoms with Crippen LogP contribution in [0.4, 0.5) is 0 Å². The van der Waals surface area contributed by atoms with Crippen LogP contribution >= 0.6 is 0 Å². The van der Waals surface area contributed by atoms with Crippen molar-refractivity contribution >= 4 is 5.91 Å². The second-order valence-electron chi connectivity index (χ2n) is 7.56. The van der Waals surface area contributed by atoms with Gasteiger partial charge >= 0.3 is 0 Å². The minimum absolute atomic E-state index is 0.271. The summed E-state index contributed by atoms with van der Waals surface area (Å²) in [6, 6.07) is 21.0. The molecule has 1 amide bonds. The van der Waals surface area contributed by atoms with Gasteiger partial charge in [-0.15, -0.1) is 0 Å². The van der Waals surface area contributed by atoms with Crippen molar-refractivity contribution in [3.05, 3.63) is 78.1 Å². The van der Waals surface area contributed by atoms with E-state index in [1.54, 1.807) is 0 Å². The molecule has 0 N–H and O–H groups in total. The van der Waals surface area contributed by atoms with E-state index in [9.17, 15) is 4.79 Å². The number of amides is 1. The standard InChI is InChI=1S/C24H27N3O/c1-19-18-25-24(21-10-6-3-7-11-21)27(19)22-14-16-26(17-15-22)23(28)13-12-20-8-4-2-5-9-20/h2-11,18,22H,12-17H2,1H3. The van der Waals surface area contributed by atoms with Crippen LogP contribution in [0, 0.1) is 6.92 Å². The van der Waals surface area contributed by atoms with E-state index >= 15 is 0 Å². The minimum Gasteiger partial charge on any atom is -0.343 e. The topological polar surface area (TPSA) is 38.1 Å².